The number of nitrogens with zero attached hydrogens (tertiary/aromatic N) is 3. The molecule has 0 aliphatic carbocycles. The van der Waals surface area contributed by atoms with E-state index in [0.29, 0.717) is 10.3 Å². The van der Waals surface area contributed by atoms with Gasteiger partial charge in [-0.25, -0.2) is 14.6 Å². The van der Waals surface area contributed by atoms with Gasteiger partial charge in [0.1, 0.15) is 11.2 Å². The molecule has 1 aromatic carbocycles. The van der Waals surface area contributed by atoms with E-state index in [1.807, 2.05) is 0 Å². The largest absolute Gasteiger partial charge is 0.443 e. The van der Waals surface area contributed by atoms with E-state index in [1.165, 1.54) is 24.4 Å². The maximum absolute atomic E-state index is 12.8. The molecule has 9 heteroatoms. The molecule has 0 N–H and O–H groups in total. The van der Waals surface area contributed by atoms with Crippen LogP contribution in [0.25, 0.3) is 10.8 Å². The molecular formula is C19H23N3O6. The van der Waals surface area contributed by atoms with Gasteiger partial charge in [-0.15, -0.1) is 0 Å². The Kier molecular flexibility index (Phi) is 5.58. The summed E-state index contributed by atoms with van der Waals surface area (Å²) in [6.07, 6.45) is -0.591. The minimum Gasteiger partial charge on any atom is -0.443 e. The Morgan fingerprint density at radius 2 is 1.54 bits per heavy atom. The number of fused-ring (bicyclic) bond motifs is 1. The van der Waals surface area contributed by atoms with E-state index in [9.17, 15) is 19.7 Å². The van der Waals surface area contributed by atoms with Crippen LogP contribution in [0, 0.1) is 10.1 Å². The molecule has 28 heavy (non-hydrogen) atoms. The number of pyridine rings is 1. The van der Waals surface area contributed by atoms with Crippen LogP contribution in [-0.4, -0.2) is 33.3 Å². The summed E-state index contributed by atoms with van der Waals surface area (Å²) >= 11 is 0. The third kappa shape index (κ3) is 5.15. The predicted molar refractivity (Wildman–Crippen MR) is 103 cm³/mol. The third-order valence-electron chi connectivity index (χ3n) is 3.30. The zero-order valence-electron chi connectivity index (χ0n) is 16.7. The van der Waals surface area contributed by atoms with Gasteiger partial charge >= 0.3 is 12.2 Å². The Labute approximate surface area is 162 Å². The number of nitro benzene ring substituents is 1. The topological polar surface area (TPSA) is 112 Å². The fourth-order valence-corrected chi connectivity index (χ4v) is 2.30. The maximum atomic E-state index is 12.8. The fraction of sp³-hybridized carbons (Fsp3) is 0.421. The Morgan fingerprint density at radius 3 is 2.00 bits per heavy atom. The quantitative estimate of drug-likeness (QED) is 0.534. The summed E-state index contributed by atoms with van der Waals surface area (Å²) in [4.78, 5) is 40.9. The molecule has 0 bridgehead atoms. The summed E-state index contributed by atoms with van der Waals surface area (Å²) in [7, 11) is 0. The van der Waals surface area contributed by atoms with Crippen molar-refractivity contribution in [2.75, 3.05) is 4.90 Å². The van der Waals surface area contributed by atoms with Gasteiger partial charge in [-0.05, 0) is 59.1 Å². The van der Waals surface area contributed by atoms with Gasteiger partial charge in [0.05, 0.1) is 4.92 Å². The van der Waals surface area contributed by atoms with Gasteiger partial charge in [0.15, 0.2) is 5.82 Å². The van der Waals surface area contributed by atoms with Crippen molar-refractivity contribution in [3.8, 4) is 0 Å². The van der Waals surface area contributed by atoms with Crippen molar-refractivity contribution < 1.29 is 24.0 Å². The van der Waals surface area contributed by atoms with E-state index in [2.05, 4.69) is 4.98 Å². The second kappa shape index (κ2) is 7.41. The van der Waals surface area contributed by atoms with Crippen molar-refractivity contribution in [3.05, 3.63) is 40.6 Å². The summed E-state index contributed by atoms with van der Waals surface area (Å²) < 4.78 is 10.7. The smallest absolute Gasteiger partial charge is 0.425 e. The van der Waals surface area contributed by atoms with E-state index < -0.39 is 28.3 Å². The molecule has 0 spiro atoms. The van der Waals surface area contributed by atoms with Crippen molar-refractivity contribution in [3.63, 3.8) is 0 Å². The van der Waals surface area contributed by atoms with Crippen LogP contribution in [-0.2, 0) is 9.47 Å². The Morgan fingerprint density at radius 1 is 1.00 bits per heavy atom. The van der Waals surface area contributed by atoms with Gasteiger partial charge in [0.2, 0.25) is 0 Å². The molecule has 0 radical (unpaired) electrons. The summed E-state index contributed by atoms with van der Waals surface area (Å²) in [6, 6.07) is 5.71. The number of hydrogen-bond donors (Lipinski definition) is 0. The summed E-state index contributed by atoms with van der Waals surface area (Å²) in [5, 5.41) is 12.0. The number of anilines is 1. The lowest BCUT2D eigenvalue weighted by Gasteiger charge is -2.28. The van der Waals surface area contributed by atoms with Crippen molar-refractivity contribution in [1.29, 1.82) is 0 Å². The number of carbonyl (C=O) groups is 2. The van der Waals surface area contributed by atoms with Crippen LogP contribution in [0.3, 0.4) is 0 Å². The SMILES string of the molecule is CC(C)(C)OC(=O)N(C(=O)OC(C)(C)C)c1nccc2ccc([N+](=O)[O-])cc12. The van der Waals surface area contributed by atoms with E-state index in [4.69, 9.17) is 9.47 Å². The second-order valence-electron chi connectivity index (χ2n) is 8.09. The van der Waals surface area contributed by atoms with Gasteiger partial charge in [0, 0.05) is 23.7 Å². The van der Waals surface area contributed by atoms with Crippen molar-refractivity contribution in [1.82, 2.24) is 4.98 Å². The normalized spacial score (nSPS) is 11.8. The van der Waals surface area contributed by atoms with Crippen LogP contribution in [0.5, 0.6) is 0 Å². The molecular weight excluding hydrogens is 366 g/mol. The first-order valence-electron chi connectivity index (χ1n) is 8.58. The first kappa shape index (κ1) is 21.1. The highest BCUT2D eigenvalue weighted by molar-refractivity contribution is 6.14. The van der Waals surface area contributed by atoms with Crippen LogP contribution in [0.15, 0.2) is 30.5 Å². The monoisotopic (exact) mass is 389 g/mol. The van der Waals surface area contributed by atoms with Gasteiger partial charge in [-0.1, -0.05) is 0 Å². The van der Waals surface area contributed by atoms with Crippen LogP contribution < -0.4 is 4.90 Å². The molecule has 1 heterocycles. The lowest BCUT2D eigenvalue weighted by molar-refractivity contribution is -0.384. The highest BCUT2D eigenvalue weighted by atomic mass is 16.6. The molecule has 0 saturated carbocycles. The number of carbonyl (C=O) groups excluding carboxylic acids is 2. The number of benzene rings is 1. The number of aromatic nitrogens is 1. The molecule has 150 valence electrons. The fourth-order valence-electron chi connectivity index (χ4n) is 2.30. The van der Waals surface area contributed by atoms with E-state index >= 15 is 0 Å². The van der Waals surface area contributed by atoms with Crippen LogP contribution in [0.2, 0.25) is 0 Å². The second-order valence-corrected chi connectivity index (χ2v) is 8.09. The van der Waals surface area contributed by atoms with Crippen molar-refractivity contribution in [2.45, 2.75) is 52.7 Å². The molecule has 0 aliphatic rings. The zero-order chi connectivity index (χ0) is 21.3. The number of rotatable bonds is 2. The molecule has 9 nitrogen and oxygen atoms in total. The average Bonchev–Trinajstić information content (AvgIpc) is 2.51. The maximum Gasteiger partial charge on any atom is 0.425 e. The highest BCUT2D eigenvalue weighted by Gasteiger charge is 2.34. The van der Waals surface area contributed by atoms with E-state index in [1.54, 1.807) is 47.6 Å². The molecule has 0 atom stereocenters. The molecule has 2 aromatic rings. The molecule has 2 amide bonds. The lowest BCUT2D eigenvalue weighted by atomic mass is 10.1. The lowest BCUT2D eigenvalue weighted by Crippen LogP contribution is -2.44. The Hall–Kier alpha value is -3.23. The van der Waals surface area contributed by atoms with Crippen LogP contribution in [0.1, 0.15) is 41.5 Å². The highest BCUT2D eigenvalue weighted by Crippen LogP contribution is 2.30. The number of non-ortho nitro benzene ring substituents is 1. The molecule has 0 saturated heterocycles. The van der Waals surface area contributed by atoms with Crippen molar-refractivity contribution >= 4 is 34.5 Å². The van der Waals surface area contributed by atoms with E-state index in [0.717, 1.165) is 0 Å². The summed E-state index contributed by atoms with van der Waals surface area (Å²) in [5.41, 5.74) is -1.96. The number of amides is 2. The van der Waals surface area contributed by atoms with Crippen LogP contribution >= 0.6 is 0 Å². The Bertz CT molecular complexity index is 899. The standard InChI is InChI=1S/C19H23N3O6/c1-18(2,3)27-16(23)21(17(24)28-19(4,5)6)15-14-11-13(22(25)26)8-7-12(14)9-10-20-15/h7-11H,1-6H3. The first-order valence-corrected chi connectivity index (χ1v) is 8.58. The number of nitro groups is 1. The molecule has 1 aromatic heterocycles. The summed E-state index contributed by atoms with van der Waals surface area (Å²) in [6.45, 7) is 9.91. The molecule has 0 unspecified atom stereocenters. The zero-order valence-corrected chi connectivity index (χ0v) is 16.7. The molecule has 2 rings (SSSR count). The minimum absolute atomic E-state index is 0.107. The first-order chi connectivity index (χ1) is 12.8. The van der Waals surface area contributed by atoms with Gasteiger partial charge in [0.25, 0.3) is 5.69 Å². The number of ether oxygens (including phenoxy) is 2. The number of imide groups is 1. The average molecular weight is 389 g/mol. The van der Waals surface area contributed by atoms with Crippen molar-refractivity contribution in [2.24, 2.45) is 0 Å². The number of hydrogen-bond acceptors (Lipinski definition) is 7. The molecule has 0 aliphatic heterocycles. The van der Waals surface area contributed by atoms with Crippen LogP contribution in [0.4, 0.5) is 21.1 Å². The minimum atomic E-state index is -0.992. The molecule has 0 fully saturated rings. The summed E-state index contributed by atoms with van der Waals surface area (Å²) in [5.74, 6) is -0.107. The van der Waals surface area contributed by atoms with Gasteiger partial charge in [-0.2, -0.15) is 4.90 Å². The van der Waals surface area contributed by atoms with E-state index in [-0.39, 0.29) is 16.9 Å². The predicted octanol–water partition coefficient (Wildman–Crippen LogP) is 4.82. The Balaban J connectivity index is 2.65. The van der Waals surface area contributed by atoms with Gasteiger partial charge < -0.3 is 9.47 Å². The third-order valence-corrected chi connectivity index (χ3v) is 3.30. The van der Waals surface area contributed by atoms with Gasteiger partial charge in [-0.3, -0.25) is 10.1 Å².